The summed E-state index contributed by atoms with van der Waals surface area (Å²) in [7, 11) is 0. The van der Waals surface area contributed by atoms with Crippen molar-refractivity contribution in [1.82, 2.24) is 4.57 Å². The molecule has 0 spiro atoms. The predicted octanol–water partition coefficient (Wildman–Crippen LogP) is 15.5. The van der Waals surface area contributed by atoms with Crippen LogP contribution in [0.2, 0.25) is 0 Å². The molecule has 0 amide bonds. The lowest BCUT2D eigenvalue weighted by atomic mass is 9.91. The number of hydrogen-bond acceptors (Lipinski definition) is 1. The molecule has 0 aliphatic heterocycles. The van der Waals surface area contributed by atoms with Gasteiger partial charge in [-0.25, -0.2) is 0 Å². The van der Waals surface area contributed by atoms with Crippen LogP contribution in [-0.4, -0.2) is 4.57 Å². The molecule has 2 aromatic heterocycles. The van der Waals surface area contributed by atoms with Gasteiger partial charge in [0.05, 0.1) is 11.0 Å². The number of aromatic nitrogens is 1. The van der Waals surface area contributed by atoms with Crippen LogP contribution in [0.3, 0.4) is 0 Å². The van der Waals surface area contributed by atoms with Gasteiger partial charge in [0.1, 0.15) is 0 Å². The van der Waals surface area contributed by atoms with Gasteiger partial charge in [0, 0.05) is 36.6 Å². The van der Waals surface area contributed by atoms with Crippen LogP contribution in [0.25, 0.3) is 103 Å². The zero-order valence-electron chi connectivity index (χ0n) is 30.6. The Bertz CT molecular complexity index is 3210. The first-order chi connectivity index (χ1) is 27.7. The van der Waals surface area contributed by atoms with Gasteiger partial charge in [-0.1, -0.05) is 158 Å². The summed E-state index contributed by atoms with van der Waals surface area (Å²) >= 11 is 1.89. The molecular formula is C54H35NS. The van der Waals surface area contributed by atoms with Crippen LogP contribution in [0.4, 0.5) is 0 Å². The Morgan fingerprint density at radius 3 is 1.50 bits per heavy atom. The fraction of sp³-hybridized carbons (Fsp3) is 0. The highest BCUT2D eigenvalue weighted by molar-refractivity contribution is 7.26. The fourth-order valence-electron chi connectivity index (χ4n) is 8.44. The SMILES string of the molecule is c1ccc(-c2ccc(-c3cc(-c4ccc5c(c4)c4ccccc4n5-c4ccc(-c5ccccc5)cc4)cc(-c4cccc5c4sc4ccccc45)c3)cc2)cc1. The number of nitrogens with zero attached hydrogens (tertiary/aromatic N) is 1. The molecule has 11 aromatic rings. The van der Waals surface area contributed by atoms with Gasteiger partial charge in [0.2, 0.25) is 0 Å². The highest BCUT2D eigenvalue weighted by Gasteiger charge is 2.16. The zero-order valence-corrected chi connectivity index (χ0v) is 31.4. The van der Waals surface area contributed by atoms with E-state index in [-0.39, 0.29) is 0 Å². The van der Waals surface area contributed by atoms with Gasteiger partial charge in [-0.3, -0.25) is 0 Å². The fourth-order valence-corrected chi connectivity index (χ4v) is 9.68. The van der Waals surface area contributed by atoms with Crippen molar-refractivity contribution in [3.05, 3.63) is 212 Å². The highest BCUT2D eigenvalue weighted by atomic mass is 32.1. The van der Waals surface area contributed by atoms with E-state index in [0.29, 0.717) is 0 Å². The molecule has 0 radical (unpaired) electrons. The van der Waals surface area contributed by atoms with Gasteiger partial charge in [0.15, 0.2) is 0 Å². The second kappa shape index (κ2) is 13.4. The van der Waals surface area contributed by atoms with E-state index in [9.17, 15) is 0 Å². The van der Waals surface area contributed by atoms with E-state index in [1.165, 1.54) is 97.6 Å². The van der Waals surface area contributed by atoms with Gasteiger partial charge >= 0.3 is 0 Å². The average molecular weight is 730 g/mol. The summed E-state index contributed by atoms with van der Waals surface area (Å²) in [6.45, 7) is 0. The molecule has 11 rings (SSSR count). The Labute approximate surface area is 330 Å². The van der Waals surface area contributed by atoms with E-state index in [1.807, 2.05) is 11.3 Å². The molecule has 0 atom stereocenters. The Morgan fingerprint density at radius 1 is 0.286 bits per heavy atom. The van der Waals surface area contributed by atoms with Crippen LogP contribution in [0.1, 0.15) is 0 Å². The minimum atomic E-state index is 1.16. The van der Waals surface area contributed by atoms with Crippen LogP contribution in [-0.2, 0) is 0 Å². The molecule has 0 aliphatic rings. The minimum Gasteiger partial charge on any atom is -0.309 e. The summed E-state index contributed by atoms with van der Waals surface area (Å²) in [4.78, 5) is 0. The van der Waals surface area contributed by atoms with Crippen LogP contribution >= 0.6 is 11.3 Å². The summed E-state index contributed by atoms with van der Waals surface area (Å²) in [6.07, 6.45) is 0. The summed E-state index contributed by atoms with van der Waals surface area (Å²) in [5.74, 6) is 0. The van der Waals surface area contributed by atoms with Gasteiger partial charge in [-0.15, -0.1) is 11.3 Å². The quantitative estimate of drug-likeness (QED) is 0.161. The number of rotatable bonds is 6. The van der Waals surface area contributed by atoms with Crippen molar-refractivity contribution in [3.8, 4) is 61.3 Å². The number of hydrogen-bond donors (Lipinski definition) is 0. The zero-order chi connectivity index (χ0) is 37.0. The monoisotopic (exact) mass is 729 g/mol. The third-order valence-electron chi connectivity index (χ3n) is 11.2. The third kappa shape index (κ3) is 5.54. The van der Waals surface area contributed by atoms with E-state index >= 15 is 0 Å². The van der Waals surface area contributed by atoms with Gasteiger partial charge in [-0.05, 0) is 110 Å². The Hall–Kier alpha value is -7.00. The van der Waals surface area contributed by atoms with Crippen LogP contribution in [0, 0.1) is 0 Å². The van der Waals surface area contributed by atoms with Crippen molar-refractivity contribution >= 4 is 53.3 Å². The standard InChI is InChI=1S/C54H35NS/c1-3-12-36(13-4-1)38-22-24-40(25-23-38)42-32-43(34-44(33-42)46-18-11-19-49-48-17-8-10-21-53(48)56-54(46)49)41-28-31-52-50(35-41)47-16-7-9-20-51(47)55(52)45-29-26-39(27-30-45)37-14-5-2-6-15-37/h1-35H. The summed E-state index contributed by atoms with van der Waals surface area (Å²) in [5.41, 5.74) is 15.8. The lowest BCUT2D eigenvalue weighted by Gasteiger charge is -2.13. The molecule has 0 aliphatic carbocycles. The minimum absolute atomic E-state index is 1.16. The Kier molecular flexibility index (Phi) is 7.75. The first-order valence-corrected chi connectivity index (χ1v) is 20.0. The maximum atomic E-state index is 2.40. The van der Waals surface area contributed by atoms with Crippen molar-refractivity contribution in [2.45, 2.75) is 0 Å². The first kappa shape index (κ1) is 32.4. The van der Waals surface area contributed by atoms with E-state index < -0.39 is 0 Å². The molecule has 0 saturated carbocycles. The summed E-state index contributed by atoms with van der Waals surface area (Å²) in [6, 6.07) is 77.7. The maximum absolute atomic E-state index is 2.40. The molecule has 0 bridgehead atoms. The molecule has 0 fully saturated rings. The van der Waals surface area contributed by atoms with E-state index in [1.54, 1.807) is 0 Å². The van der Waals surface area contributed by atoms with Gasteiger partial charge < -0.3 is 4.57 Å². The molecule has 262 valence electrons. The largest absolute Gasteiger partial charge is 0.309 e. The van der Waals surface area contributed by atoms with Crippen LogP contribution < -0.4 is 0 Å². The molecule has 0 saturated heterocycles. The molecule has 0 N–H and O–H groups in total. The van der Waals surface area contributed by atoms with E-state index in [0.717, 1.165) is 5.69 Å². The first-order valence-electron chi connectivity index (χ1n) is 19.2. The van der Waals surface area contributed by atoms with Crippen molar-refractivity contribution in [3.63, 3.8) is 0 Å². The molecule has 2 heteroatoms. The average Bonchev–Trinajstić information content (AvgIpc) is 3.83. The van der Waals surface area contributed by atoms with Crippen molar-refractivity contribution in [2.75, 3.05) is 0 Å². The highest BCUT2D eigenvalue weighted by Crippen LogP contribution is 2.43. The summed E-state index contributed by atoms with van der Waals surface area (Å²) in [5, 5.41) is 5.13. The molecule has 2 heterocycles. The van der Waals surface area contributed by atoms with Crippen molar-refractivity contribution < 1.29 is 0 Å². The lowest BCUT2D eigenvalue weighted by molar-refractivity contribution is 1.18. The molecule has 56 heavy (non-hydrogen) atoms. The normalized spacial score (nSPS) is 11.6. The van der Waals surface area contributed by atoms with E-state index in [4.69, 9.17) is 0 Å². The molecular weight excluding hydrogens is 695 g/mol. The smallest absolute Gasteiger partial charge is 0.0541 e. The van der Waals surface area contributed by atoms with Crippen molar-refractivity contribution in [2.24, 2.45) is 0 Å². The lowest BCUT2D eigenvalue weighted by Crippen LogP contribution is -1.93. The van der Waals surface area contributed by atoms with Crippen molar-refractivity contribution in [1.29, 1.82) is 0 Å². The van der Waals surface area contributed by atoms with Crippen LogP contribution in [0.5, 0.6) is 0 Å². The second-order valence-electron chi connectivity index (χ2n) is 14.5. The summed E-state index contributed by atoms with van der Waals surface area (Å²) < 4.78 is 5.05. The number of thiophene rings is 1. The molecule has 1 nitrogen and oxygen atoms in total. The Balaban J connectivity index is 1.08. The molecule has 0 unspecified atom stereocenters. The third-order valence-corrected chi connectivity index (χ3v) is 12.4. The number of benzene rings is 9. The number of fused-ring (bicyclic) bond motifs is 6. The predicted molar refractivity (Wildman–Crippen MR) is 241 cm³/mol. The Morgan fingerprint density at radius 2 is 0.786 bits per heavy atom. The topological polar surface area (TPSA) is 4.93 Å². The number of para-hydroxylation sites is 1. The molecule has 9 aromatic carbocycles. The van der Waals surface area contributed by atoms with Crippen LogP contribution in [0.15, 0.2) is 212 Å². The maximum Gasteiger partial charge on any atom is 0.0541 e. The van der Waals surface area contributed by atoms with Gasteiger partial charge in [0.25, 0.3) is 0 Å². The van der Waals surface area contributed by atoms with Gasteiger partial charge in [-0.2, -0.15) is 0 Å². The van der Waals surface area contributed by atoms with E-state index in [2.05, 4.69) is 217 Å². The second-order valence-corrected chi connectivity index (χ2v) is 15.6.